The first-order valence-corrected chi connectivity index (χ1v) is 11.7. The Hall–Kier alpha value is -3.74. The normalized spacial score (nSPS) is 11.2. The van der Waals surface area contributed by atoms with Gasteiger partial charge in [0.05, 0.1) is 5.56 Å². The van der Waals surface area contributed by atoms with Crippen molar-refractivity contribution in [1.82, 2.24) is 9.55 Å². The second-order valence-electron chi connectivity index (χ2n) is 9.36. The number of aryl methyl sites for hydroxylation is 1. The van der Waals surface area contributed by atoms with E-state index >= 15 is 0 Å². The fraction of sp³-hybridized carbons (Fsp3) is 0.357. The van der Waals surface area contributed by atoms with E-state index in [9.17, 15) is 14.4 Å². The van der Waals surface area contributed by atoms with Crippen LogP contribution in [0.4, 0.5) is 0 Å². The molecule has 0 saturated carbocycles. The molecule has 7 heteroatoms. The molecule has 0 amide bonds. The molecular formula is C28H32N2O5. The van der Waals surface area contributed by atoms with E-state index in [-0.39, 0.29) is 24.0 Å². The molecular weight excluding hydrogens is 444 g/mol. The molecule has 0 aliphatic heterocycles. The van der Waals surface area contributed by atoms with E-state index in [1.807, 2.05) is 57.2 Å². The minimum atomic E-state index is -0.634. The fourth-order valence-electron chi connectivity index (χ4n) is 3.65. The molecule has 184 valence electrons. The topological polar surface area (TPSA) is 87.5 Å². The van der Waals surface area contributed by atoms with E-state index in [1.54, 1.807) is 23.7 Å². The molecule has 0 N–H and O–H groups in total. The third-order valence-corrected chi connectivity index (χ3v) is 5.47. The van der Waals surface area contributed by atoms with Crippen molar-refractivity contribution >= 4 is 18.2 Å². The molecule has 3 aromatic rings. The largest absolute Gasteiger partial charge is 0.456 e. The highest BCUT2D eigenvalue weighted by Gasteiger charge is 2.22. The standard InChI is InChI=1S/C28H32N2O5/c1-6-7-12-24-29-25(23(17-31)30(24)5)27(33)34-18-19-13-15-20(16-14-19)21-10-8-9-11-22(21)26(32)35-28(2,3)4/h8-11,13-17H,6-7,12,18H2,1-5H3. The summed E-state index contributed by atoms with van der Waals surface area (Å²) in [5.74, 6) is -0.329. The Morgan fingerprint density at radius 1 is 1.03 bits per heavy atom. The van der Waals surface area contributed by atoms with Crippen LogP contribution in [0.25, 0.3) is 11.1 Å². The maximum Gasteiger partial charge on any atom is 0.359 e. The summed E-state index contributed by atoms with van der Waals surface area (Å²) in [4.78, 5) is 41.2. The van der Waals surface area contributed by atoms with E-state index in [0.29, 0.717) is 24.1 Å². The van der Waals surface area contributed by atoms with Gasteiger partial charge in [-0.1, -0.05) is 55.8 Å². The summed E-state index contributed by atoms with van der Waals surface area (Å²) in [7, 11) is 1.73. The van der Waals surface area contributed by atoms with Gasteiger partial charge in [0.15, 0.2) is 12.0 Å². The van der Waals surface area contributed by atoms with E-state index in [1.165, 1.54) is 0 Å². The van der Waals surface area contributed by atoms with Crippen molar-refractivity contribution in [2.24, 2.45) is 7.05 Å². The molecule has 0 spiro atoms. The van der Waals surface area contributed by atoms with Crippen LogP contribution in [-0.2, 0) is 29.5 Å². The smallest absolute Gasteiger partial charge is 0.359 e. The van der Waals surface area contributed by atoms with Crippen LogP contribution >= 0.6 is 0 Å². The molecule has 0 fully saturated rings. The second kappa shape index (κ2) is 11.1. The maximum atomic E-state index is 12.7. The third-order valence-electron chi connectivity index (χ3n) is 5.47. The van der Waals surface area contributed by atoms with Crippen molar-refractivity contribution in [2.45, 2.75) is 59.2 Å². The number of benzene rings is 2. The number of carbonyl (C=O) groups is 3. The highest BCUT2D eigenvalue weighted by atomic mass is 16.6. The Morgan fingerprint density at radius 2 is 1.71 bits per heavy atom. The van der Waals surface area contributed by atoms with Crippen LogP contribution in [0, 0.1) is 0 Å². The average Bonchev–Trinajstić information content (AvgIpc) is 3.15. The van der Waals surface area contributed by atoms with Crippen LogP contribution in [0.5, 0.6) is 0 Å². The van der Waals surface area contributed by atoms with Gasteiger partial charge in [-0.05, 0) is 49.9 Å². The zero-order chi connectivity index (χ0) is 25.6. The number of aromatic nitrogens is 2. The van der Waals surface area contributed by atoms with E-state index in [4.69, 9.17) is 9.47 Å². The molecule has 3 rings (SSSR count). The van der Waals surface area contributed by atoms with Gasteiger partial charge in [-0.3, -0.25) is 4.79 Å². The quantitative estimate of drug-likeness (QED) is 0.297. The lowest BCUT2D eigenvalue weighted by Crippen LogP contribution is -2.24. The average molecular weight is 477 g/mol. The Balaban J connectivity index is 1.72. The number of hydrogen-bond donors (Lipinski definition) is 0. The van der Waals surface area contributed by atoms with E-state index in [0.717, 1.165) is 29.5 Å². The predicted molar refractivity (Wildman–Crippen MR) is 133 cm³/mol. The lowest BCUT2D eigenvalue weighted by Gasteiger charge is -2.20. The van der Waals surface area contributed by atoms with Gasteiger partial charge in [-0.15, -0.1) is 0 Å². The van der Waals surface area contributed by atoms with Crippen molar-refractivity contribution in [1.29, 1.82) is 0 Å². The zero-order valence-electron chi connectivity index (χ0n) is 21.0. The van der Waals surface area contributed by atoms with Gasteiger partial charge in [0, 0.05) is 13.5 Å². The Morgan fingerprint density at radius 3 is 2.34 bits per heavy atom. The van der Waals surface area contributed by atoms with Crippen molar-refractivity contribution < 1.29 is 23.9 Å². The Labute approximate surface area is 206 Å². The number of hydrogen-bond acceptors (Lipinski definition) is 6. The molecule has 35 heavy (non-hydrogen) atoms. The molecule has 1 aromatic heterocycles. The summed E-state index contributed by atoms with van der Waals surface area (Å²) in [5, 5.41) is 0. The first-order valence-electron chi connectivity index (χ1n) is 11.7. The Bertz CT molecular complexity index is 1200. The van der Waals surface area contributed by atoms with E-state index in [2.05, 4.69) is 11.9 Å². The molecule has 7 nitrogen and oxygen atoms in total. The molecule has 0 aliphatic carbocycles. The summed E-state index contributed by atoms with van der Waals surface area (Å²) in [5.41, 5.74) is 2.52. The summed E-state index contributed by atoms with van der Waals surface area (Å²) in [6, 6.07) is 14.7. The van der Waals surface area contributed by atoms with Crippen LogP contribution in [0.3, 0.4) is 0 Å². The molecule has 0 bridgehead atoms. The Kier molecular flexibility index (Phi) is 8.22. The minimum Gasteiger partial charge on any atom is -0.456 e. The van der Waals surface area contributed by atoms with Crippen LogP contribution in [0.15, 0.2) is 48.5 Å². The number of ether oxygens (including phenoxy) is 2. The summed E-state index contributed by atoms with van der Waals surface area (Å²) < 4.78 is 12.6. The van der Waals surface area contributed by atoms with Crippen LogP contribution < -0.4 is 0 Å². The van der Waals surface area contributed by atoms with Gasteiger partial charge >= 0.3 is 11.9 Å². The van der Waals surface area contributed by atoms with Crippen molar-refractivity contribution in [3.05, 3.63) is 76.9 Å². The molecule has 0 atom stereocenters. The highest BCUT2D eigenvalue weighted by Crippen LogP contribution is 2.26. The summed E-state index contributed by atoms with van der Waals surface area (Å²) in [6.07, 6.45) is 3.23. The molecule has 1 heterocycles. The monoisotopic (exact) mass is 476 g/mol. The molecule has 0 aliphatic rings. The van der Waals surface area contributed by atoms with Crippen LogP contribution in [0.2, 0.25) is 0 Å². The van der Waals surface area contributed by atoms with Gasteiger partial charge in [-0.2, -0.15) is 0 Å². The van der Waals surface area contributed by atoms with Crippen LogP contribution in [0.1, 0.15) is 83.3 Å². The molecule has 0 radical (unpaired) electrons. The first-order chi connectivity index (χ1) is 16.6. The van der Waals surface area contributed by atoms with Crippen molar-refractivity contribution in [2.75, 3.05) is 0 Å². The second-order valence-corrected chi connectivity index (χ2v) is 9.36. The summed E-state index contributed by atoms with van der Waals surface area (Å²) in [6.45, 7) is 7.60. The van der Waals surface area contributed by atoms with Gasteiger partial charge in [0.2, 0.25) is 0 Å². The number of carbonyl (C=O) groups excluding carboxylic acids is 3. The summed E-state index contributed by atoms with van der Waals surface area (Å²) >= 11 is 0. The third kappa shape index (κ3) is 6.44. The molecule has 0 unspecified atom stereocenters. The fourth-order valence-corrected chi connectivity index (χ4v) is 3.65. The number of unbranched alkanes of at least 4 members (excludes halogenated alkanes) is 1. The predicted octanol–water partition coefficient (Wildman–Crippen LogP) is 5.55. The van der Waals surface area contributed by atoms with Crippen LogP contribution in [-0.4, -0.2) is 33.4 Å². The molecule has 0 saturated heterocycles. The lowest BCUT2D eigenvalue weighted by molar-refractivity contribution is 0.00701. The number of aldehydes is 1. The SMILES string of the molecule is CCCCc1nc(C(=O)OCc2ccc(-c3ccccc3C(=O)OC(C)(C)C)cc2)c(C=O)n1C. The number of imidazole rings is 1. The number of esters is 2. The van der Waals surface area contributed by atoms with Gasteiger partial charge in [0.1, 0.15) is 23.7 Å². The van der Waals surface area contributed by atoms with Crippen molar-refractivity contribution in [3.63, 3.8) is 0 Å². The maximum absolute atomic E-state index is 12.7. The van der Waals surface area contributed by atoms with Gasteiger partial charge in [0.25, 0.3) is 0 Å². The number of nitrogens with zero attached hydrogens (tertiary/aromatic N) is 2. The van der Waals surface area contributed by atoms with Crippen molar-refractivity contribution in [3.8, 4) is 11.1 Å². The number of rotatable bonds is 9. The highest BCUT2D eigenvalue weighted by molar-refractivity contribution is 5.97. The van der Waals surface area contributed by atoms with Gasteiger partial charge < -0.3 is 14.0 Å². The zero-order valence-corrected chi connectivity index (χ0v) is 21.0. The van der Waals surface area contributed by atoms with E-state index < -0.39 is 11.6 Å². The molecule has 2 aromatic carbocycles. The first kappa shape index (κ1) is 25.9. The van der Waals surface area contributed by atoms with Gasteiger partial charge in [-0.25, -0.2) is 14.6 Å². The lowest BCUT2D eigenvalue weighted by atomic mass is 9.98. The minimum absolute atomic E-state index is 0.0337.